The summed E-state index contributed by atoms with van der Waals surface area (Å²) in [5, 5.41) is 35.5. The fraction of sp³-hybridized carbons (Fsp3) is 0.346. The van der Waals surface area contributed by atoms with Gasteiger partial charge in [0.25, 0.3) is 11.9 Å². The maximum absolute atomic E-state index is 11.2. The number of halogens is 2. The van der Waals surface area contributed by atoms with Gasteiger partial charge >= 0.3 is 0 Å². The molecule has 0 bridgehead atoms. The molecule has 224 valence electrons. The second-order valence-corrected chi connectivity index (χ2v) is 9.93. The van der Waals surface area contributed by atoms with E-state index < -0.39 is 11.2 Å². The Labute approximate surface area is 251 Å². The molecule has 0 aliphatic carbocycles. The summed E-state index contributed by atoms with van der Waals surface area (Å²) in [4.78, 5) is 43.4. The second-order valence-electron chi connectivity index (χ2n) is 9.16. The van der Waals surface area contributed by atoms with E-state index in [9.17, 15) is 25.3 Å². The molecule has 1 unspecified atom stereocenters. The van der Waals surface area contributed by atoms with Crippen LogP contribution in [0.4, 0.5) is 0 Å². The van der Waals surface area contributed by atoms with Crippen molar-refractivity contribution in [3.63, 3.8) is 0 Å². The van der Waals surface area contributed by atoms with Gasteiger partial charge in [0.05, 0.1) is 9.85 Å². The summed E-state index contributed by atoms with van der Waals surface area (Å²) >= 11 is 11.4. The molecular formula is C26H30Cl2N8O6. The lowest BCUT2D eigenvalue weighted by atomic mass is 10.1. The van der Waals surface area contributed by atoms with E-state index in [1.165, 1.54) is 6.08 Å². The van der Waals surface area contributed by atoms with Gasteiger partial charge in [0.1, 0.15) is 22.8 Å². The number of allylic oxidation sites excluding steroid dienone is 2. The SMILES string of the molecule is C=CC=O.O=[N+]([O-])/C=C1/NCCN1Cc1ccc(Cl)nc1.O=[N+]([O-])C1=C2N(Cc3ccc(Cl)nc3)CCN2C(O)CC1. The number of hydrogen-bond donors (Lipinski definition) is 2. The molecule has 0 aromatic carbocycles. The van der Waals surface area contributed by atoms with Crippen molar-refractivity contribution in [2.45, 2.75) is 32.2 Å². The minimum Gasteiger partial charge on any atom is -0.374 e. The normalized spacial score (nSPS) is 18.3. The number of aliphatic hydroxyl groups is 1. The van der Waals surface area contributed by atoms with Gasteiger partial charge < -0.3 is 25.1 Å². The number of hydrogen-bond acceptors (Lipinski definition) is 12. The van der Waals surface area contributed by atoms with Crippen LogP contribution in [0.15, 0.2) is 72.9 Å². The molecular weight excluding hydrogens is 591 g/mol. The number of nitrogens with zero attached hydrogens (tertiary/aromatic N) is 7. The highest BCUT2D eigenvalue weighted by Crippen LogP contribution is 2.33. The number of aromatic nitrogens is 2. The molecule has 2 aromatic rings. The van der Waals surface area contributed by atoms with E-state index in [2.05, 4.69) is 21.9 Å². The molecule has 5 heterocycles. The van der Waals surface area contributed by atoms with Gasteiger partial charge in [-0.3, -0.25) is 25.0 Å². The Bertz CT molecular complexity index is 1320. The lowest BCUT2D eigenvalue weighted by Crippen LogP contribution is -2.38. The summed E-state index contributed by atoms with van der Waals surface area (Å²) < 4.78 is 0. The predicted octanol–water partition coefficient (Wildman–Crippen LogP) is 3.00. The van der Waals surface area contributed by atoms with Gasteiger partial charge in [-0.2, -0.15) is 0 Å². The second kappa shape index (κ2) is 15.7. The summed E-state index contributed by atoms with van der Waals surface area (Å²) in [5.41, 5.74) is 2.07. The molecule has 2 N–H and O–H groups in total. The quantitative estimate of drug-likeness (QED) is 0.153. The van der Waals surface area contributed by atoms with Gasteiger partial charge in [0.2, 0.25) is 0 Å². The lowest BCUT2D eigenvalue weighted by Gasteiger charge is -2.31. The van der Waals surface area contributed by atoms with Gasteiger partial charge in [-0.25, -0.2) is 9.97 Å². The highest BCUT2D eigenvalue weighted by Gasteiger charge is 2.40. The van der Waals surface area contributed by atoms with Crippen LogP contribution >= 0.6 is 23.2 Å². The number of pyridine rings is 2. The van der Waals surface area contributed by atoms with E-state index in [1.807, 2.05) is 21.9 Å². The van der Waals surface area contributed by atoms with Gasteiger partial charge in [-0.15, -0.1) is 0 Å². The van der Waals surface area contributed by atoms with E-state index in [0.717, 1.165) is 23.9 Å². The van der Waals surface area contributed by atoms with Crippen LogP contribution < -0.4 is 5.32 Å². The summed E-state index contributed by atoms with van der Waals surface area (Å²) in [6.07, 6.45) is 6.19. The minimum atomic E-state index is -0.642. The number of nitro groups is 2. The van der Waals surface area contributed by atoms with Crippen molar-refractivity contribution >= 4 is 29.5 Å². The van der Waals surface area contributed by atoms with Crippen molar-refractivity contribution in [2.75, 3.05) is 26.2 Å². The Morgan fingerprint density at radius 3 is 2.12 bits per heavy atom. The van der Waals surface area contributed by atoms with Crippen LogP contribution in [0.2, 0.25) is 10.3 Å². The van der Waals surface area contributed by atoms with Crippen molar-refractivity contribution in [1.29, 1.82) is 0 Å². The zero-order valence-electron chi connectivity index (χ0n) is 22.5. The largest absolute Gasteiger partial charge is 0.374 e. The van der Waals surface area contributed by atoms with E-state index in [-0.39, 0.29) is 17.0 Å². The van der Waals surface area contributed by atoms with Crippen LogP contribution in [0.1, 0.15) is 24.0 Å². The smallest absolute Gasteiger partial charge is 0.286 e. The first-order valence-electron chi connectivity index (χ1n) is 12.8. The molecule has 14 nitrogen and oxygen atoms in total. The highest BCUT2D eigenvalue weighted by atomic mass is 35.5. The predicted molar refractivity (Wildman–Crippen MR) is 155 cm³/mol. The zero-order chi connectivity index (χ0) is 30.6. The Morgan fingerprint density at radius 1 is 1.02 bits per heavy atom. The molecule has 2 saturated heterocycles. The van der Waals surface area contributed by atoms with Crippen molar-refractivity contribution in [3.8, 4) is 0 Å². The third-order valence-corrected chi connectivity index (χ3v) is 6.78. The van der Waals surface area contributed by atoms with Crippen molar-refractivity contribution in [1.82, 2.24) is 30.0 Å². The van der Waals surface area contributed by atoms with Crippen molar-refractivity contribution in [3.05, 3.63) is 115 Å². The molecule has 0 spiro atoms. The van der Waals surface area contributed by atoms with Gasteiger partial charge in [-0.05, 0) is 29.3 Å². The first-order chi connectivity index (χ1) is 20.1. The maximum atomic E-state index is 11.2. The number of rotatable bonds is 7. The Balaban J connectivity index is 0.000000208. The molecule has 5 rings (SSSR count). The molecule has 0 amide bonds. The van der Waals surface area contributed by atoms with E-state index in [0.29, 0.717) is 67.4 Å². The van der Waals surface area contributed by atoms with E-state index >= 15 is 0 Å². The molecule has 3 aliphatic heterocycles. The maximum Gasteiger partial charge on any atom is 0.286 e. The van der Waals surface area contributed by atoms with E-state index in [4.69, 9.17) is 28.0 Å². The van der Waals surface area contributed by atoms with Crippen LogP contribution in [0.5, 0.6) is 0 Å². The molecule has 0 saturated carbocycles. The number of aliphatic hydroxyl groups excluding tert-OH is 1. The zero-order valence-corrected chi connectivity index (χ0v) is 24.0. The molecule has 2 fully saturated rings. The molecule has 3 aliphatic rings. The van der Waals surface area contributed by atoms with Crippen molar-refractivity contribution in [2.24, 2.45) is 0 Å². The molecule has 2 aromatic heterocycles. The number of carbonyl (C=O) groups is 1. The molecule has 16 heteroatoms. The number of nitrogens with one attached hydrogen (secondary N) is 1. The van der Waals surface area contributed by atoms with Gasteiger partial charge in [0, 0.05) is 64.5 Å². The standard InChI is InChI=1S/C13H15ClN4O3.C10H11ClN4O2.C3H4O/c14-11-3-1-9(7-15-11)8-16-5-6-17-12(19)4-2-10(13(16)17)18(20)21;11-9-2-1-8(5-13-9)6-14-4-3-12-10(14)7-15(16)17;1-2-3-4/h1,3,7,12,19H,2,4-6,8H2;1-2,5,7,12H,3-4,6H2;2-3H,1H2/b;10-7-;. The molecule has 1 atom stereocenters. The average molecular weight is 621 g/mol. The topological polar surface area (TPSA) is 171 Å². The first kappa shape index (κ1) is 32.2. The fourth-order valence-electron chi connectivity index (χ4n) is 4.50. The van der Waals surface area contributed by atoms with Crippen LogP contribution in [-0.4, -0.2) is 78.3 Å². The monoisotopic (exact) mass is 620 g/mol. The Hall–Kier alpha value is -4.27. The summed E-state index contributed by atoms with van der Waals surface area (Å²) in [5.74, 6) is 1.07. The van der Waals surface area contributed by atoms with Gasteiger partial charge in [0.15, 0.2) is 11.6 Å². The van der Waals surface area contributed by atoms with Crippen LogP contribution in [0.3, 0.4) is 0 Å². The summed E-state index contributed by atoms with van der Waals surface area (Å²) in [6.45, 7) is 6.89. The van der Waals surface area contributed by atoms with Crippen LogP contribution in [0.25, 0.3) is 0 Å². The highest BCUT2D eigenvalue weighted by molar-refractivity contribution is 6.29. The Morgan fingerprint density at radius 2 is 1.62 bits per heavy atom. The van der Waals surface area contributed by atoms with Crippen molar-refractivity contribution < 1.29 is 19.7 Å². The third-order valence-electron chi connectivity index (χ3n) is 6.34. The number of aldehydes is 1. The fourth-order valence-corrected chi connectivity index (χ4v) is 4.73. The van der Waals surface area contributed by atoms with Gasteiger partial charge in [-0.1, -0.05) is 41.9 Å². The lowest BCUT2D eigenvalue weighted by molar-refractivity contribution is -0.433. The molecule has 0 radical (unpaired) electrons. The average Bonchev–Trinajstić information content (AvgIpc) is 3.59. The summed E-state index contributed by atoms with van der Waals surface area (Å²) in [7, 11) is 0. The first-order valence-corrected chi connectivity index (χ1v) is 13.6. The summed E-state index contributed by atoms with van der Waals surface area (Å²) in [6, 6.07) is 7.11. The van der Waals surface area contributed by atoms with Crippen LogP contribution in [0, 0.1) is 20.2 Å². The minimum absolute atomic E-state index is 0.180. The third kappa shape index (κ3) is 9.12. The van der Waals surface area contributed by atoms with Crippen LogP contribution in [-0.2, 0) is 17.9 Å². The number of fused-ring (bicyclic) bond motifs is 1. The molecule has 42 heavy (non-hydrogen) atoms. The Kier molecular flexibility index (Phi) is 12.0. The van der Waals surface area contributed by atoms with E-state index in [1.54, 1.807) is 29.4 Å². The number of carbonyl (C=O) groups excluding carboxylic acids is 1.